The van der Waals surface area contributed by atoms with Gasteiger partial charge in [0.1, 0.15) is 0 Å². The van der Waals surface area contributed by atoms with Gasteiger partial charge in [-0.3, -0.25) is 0 Å². The number of aromatic nitrogens is 1. The molecule has 0 atom stereocenters. The van der Waals surface area contributed by atoms with Crippen LogP contribution in [0.25, 0.3) is 10.6 Å². The van der Waals surface area contributed by atoms with Crippen LogP contribution in [-0.4, -0.2) is 4.98 Å². The summed E-state index contributed by atoms with van der Waals surface area (Å²) < 4.78 is 0. The zero-order chi connectivity index (χ0) is 6.81. The molecule has 1 radical (unpaired) electrons. The first kappa shape index (κ1) is 6.07. The lowest BCUT2D eigenvalue weighted by atomic mass is 10.4. The molecular weight excluding hydrogens is 162 g/mol. The van der Waals surface area contributed by atoms with Crippen molar-refractivity contribution in [3.63, 3.8) is 0 Å². The minimum Gasteiger partial charge on any atom is -0.244 e. The fourth-order valence-corrected chi connectivity index (χ4v) is 1.97. The minimum absolute atomic E-state index is 1.07. The second-order valence-electron chi connectivity index (χ2n) is 1.78. The summed E-state index contributed by atoms with van der Waals surface area (Å²) in [5.41, 5.74) is 2.91. The second-order valence-corrected chi connectivity index (χ2v) is 3.41. The molecule has 49 valence electrons. The monoisotopic (exact) mass is 166 g/mol. The molecule has 0 bridgehead atoms. The standard InChI is InChI=1S/C7H4NS2/c1-2-7(10-3-1)6-4-9-5-8-6/h2-5H. The van der Waals surface area contributed by atoms with Crippen molar-refractivity contribution >= 4 is 22.7 Å². The van der Waals surface area contributed by atoms with Crippen LogP contribution in [0.4, 0.5) is 0 Å². The molecule has 2 heterocycles. The lowest BCUT2D eigenvalue weighted by molar-refractivity contribution is 1.43. The van der Waals surface area contributed by atoms with Crippen LogP contribution < -0.4 is 0 Å². The first-order valence-corrected chi connectivity index (χ1v) is 4.62. The second kappa shape index (κ2) is 2.52. The van der Waals surface area contributed by atoms with Gasteiger partial charge in [0.05, 0.1) is 16.1 Å². The highest BCUT2D eigenvalue weighted by molar-refractivity contribution is 7.14. The molecule has 0 spiro atoms. The Morgan fingerprint density at radius 1 is 1.50 bits per heavy atom. The van der Waals surface area contributed by atoms with Crippen molar-refractivity contribution in [3.8, 4) is 10.6 Å². The van der Waals surface area contributed by atoms with Crippen molar-refractivity contribution in [1.29, 1.82) is 0 Å². The number of thiazole rings is 1. The molecule has 0 unspecified atom stereocenters. The van der Waals surface area contributed by atoms with Crippen molar-refractivity contribution in [2.45, 2.75) is 0 Å². The van der Waals surface area contributed by atoms with E-state index in [1.54, 1.807) is 22.7 Å². The number of hydrogen-bond acceptors (Lipinski definition) is 3. The summed E-state index contributed by atoms with van der Waals surface area (Å²) in [6.45, 7) is 0. The molecule has 0 aliphatic heterocycles. The summed E-state index contributed by atoms with van der Waals surface area (Å²) in [6, 6.07) is 4.96. The Morgan fingerprint density at radius 2 is 2.50 bits per heavy atom. The molecule has 2 aromatic heterocycles. The quantitative estimate of drug-likeness (QED) is 0.634. The van der Waals surface area contributed by atoms with Gasteiger partial charge in [-0.25, -0.2) is 4.98 Å². The fraction of sp³-hybridized carbons (Fsp3) is 0. The lowest BCUT2D eigenvalue weighted by Crippen LogP contribution is -1.65. The van der Waals surface area contributed by atoms with Crippen LogP contribution in [0.3, 0.4) is 0 Å². The summed E-state index contributed by atoms with van der Waals surface area (Å²) in [4.78, 5) is 5.36. The zero-order valence-corrected chi connectivity index (χ0v) is 6.71. The normalized spacial score (nSPS) is 10.0. The van der Waals surface area contributed by atoms with Crippen LogP contribution in [0.15, 0.2) is 22.3 Å². The molecule has 0 fully saturated rings. The van der Waals surface area contributed by atoms with E-state index in [1.807, 2.05) is 22.3 Å². The molecule has 0 aliphatic rings. The van der Waals surface area contributed by atoms with E-state index in [9.17, 15) is 0 Å². The average Bonchev–Trinajstić information content (AvgIpc) is 2.59. The van der Waals surface area contributed by atoms with Crippen molar-refractivity contribution in [3.05, 3.63) is 28.4 Å². The molecule has 0 aromatic carbocycles. The van der Waals surface area contributed by atoms with E-state index < -0.39 is 0 Å². The van der Waals surface area contributed by atoms with E-state index in [1.165, 1.54) is 4.88 Å². The highest BCUT2D eigenvalue weighted by Crippen LogP contribution is 2.23. The molecular formula is C7H4NS2. The van der Waals surface area contributed by atoms with Crippen molar-refractivity contribution in [2.24, 2.45) is 0 Å². The third-order valence-corrected chi connectivity index (χ3v) is 2.57. The van der Waals surface area contributed by atoms with Gasteiger partial charge in [-0.15, -0.1) is 22.7 Å². The van der Waals surface area contributed by atoms with Crippen LogP contribution in [0.5, 0.6) is 0 Å². The number of rotatable bonds is 1. The van der Waals surface area contributed by atoms with Crippen molar-refractivity contribution in [1.82, 2.24) is 4.98 Å². The summed E-state index contributed by atoms with van der Waals surface area (Å²) in [7, 11) is 0. The SMILES string of the molecule is [c]1csc(-c2cscn2)c1. The molecule has 2 rings (SSSR count). The summed E-state index contributed by atoms with van der Waals surface area (Å²) in [5.74, 6) is 0. The minimum atomic E-state index is 1.07. The first-order chi connectivity index (χ1) is 4.97. The van der Waals surface area contributed by atoms with Gasteiger partial charge in [-0.05, 0) is 17.5 Å². The van der Waals surface area contributed by atoms with E-state index >= 15 is 0 Å². The highest BCUT2D eigenvalue weighted by atomic mass is 32.1. The van der Waals surface area contributed by atoms with Gasteiger partial charge in [-0.2, -0.15) is 0 Å². The number of nitrogens with zero attached hydrogens (tertiary/aromatic N) is 1. The van der Waals surface area contributed by atoms with Gasteiger partial charge < -0.3 is 0 Å². The molecule has 0 N–H and O–H groups in total. The van der Waals surface area contributed by atoms with Crippen molar-refractivity contribution in [2.75, 3.05) is 0 Å². The number of thiophene rings is 1. The average molecular weight is 166 g/mol. The van der Waals surface area contributed by atoms with Gasteiger partial charge in [0.25, 0.3) is 0 Å². The summed E-state index contributed by atoms with van der Waals surface area (Å²) >= 11 is 3.29. The first-order valence-electron chi connectivity index (χ1n) is 2.80. The van der Waals surface area contributed by atoms with E-state index in [0.717, 1.165) is 5.69 Å². The number of hydrogen-bond donors (Lipinski definition) is 0. The predicted molar refractivity (Wildman–Crippen MR) is 44.3 cm³/mol. The fourth-order valence-electron chi connectivity index (χ4n) is 0.710. The Kier molecular flexibility index (Phi) is 1.53. The highest BCUT2D eigenvalue weighted by Gasteiger charge is 1.97. The third-order valence-electron chi connectivity index (χ3n) is 1.15. The molecule has 0 amide bonds. The van der Waals surface area contributed by atoms with Crippen LogP contribution >= 0.6 is 22.7 Å². The van der Waals surface area contributed by atoms with Crippen LogP contribution in [-0.2, 0) is 0 Å². The smallest absolute Gasteiger partial charge is 0.0910 e. The maximum atomic E-state index is 4.17. The van der Waals surface area contributed by atoms with E-state index in [-0.39, 0.29) is 0 Å². The van der Waals surface area contributed by atoms with E-state index in [4.69, 9.17) is 0 Å². The Morgan fingerprint density at radius 3 is 3.10 bits per heavy atom. The van der Waals surface area contributed by atoms with E-state index in [2.05, 4.69) is 11.1 Å². The third kappa shape index (κ3) is 0.978. The van der Waals surface area contributed by atoms with Gasteiger partial charge >= 0.3 is 0 Å². The predicted octanol–water partition coefficient (Wildman–Crippen LogP) is 2.67. The Labute approximate surface area is 67.0 Å². The molecule has 0 saturated heterocycles. The van der Waals surface area contributed by atoms with Gasteiger partial charge in [-0.1, -0.05) is 0 Å². The van der Waals surface area contributed by atoms with Crippen molar-refractivity contribution < 1.29 is 0 Å². The van der Waals surface area contributed by atoms with Gasteiger partial charge in [0.15, 0.2) is 0 Å². The molecule has 2 aromatic rings. The maximum Gasteiger partial charge on any atom is 0.0910 e. The van der Waals surface area contributed by atoms with E-state index in [0.29, 0.717) is 0 Å². The van der Waals surface area contributed by atoms with Crippen LogP contribution in [0.2, 0.25) is 0 Å². The topological polar surface area (TPSA) is 12.9 Å². The van der Waals surface area contributed by atoms with Crippen LogP contribution in [0, 0.1) is 6.07 Å². The molecule has 10 heavy (non-hydrogen) atoms. The molecule has 1 nitrogen and oxygen atoms in total. The van der Waals surface area contributed by atoms with Gasteiger partial charge in [0.2, 0.25) is 0 Å². The van der Waals surface area contributed by atoms with Gasteiger partial charge in [0, 0.05) is 5.38 Å². The molecule has 0 saturated carbocycles. The molecule has 0 aliphatic carbocycles. The summed E-state index contributed by atoms with van der Waals surface area (Å²) in [6.07, 6.45) is 0. The molecule has 3 heteroatoms. The summed E-state index contributed by atoms with van der Waals surface area (Å²) in [5, 5.41) is 3.98. The largest absolute Gasteiger partial charge is 0.244 e. The lowest BCUT2D eigenvalue weighted by Gasteiger charge is -1.83. The Balaban J connectivity index is 2.48. The Bertz CT molecular complexity index is 251. The van der Waals surface area contributed by atoms with Crippen LogP contribution in [0.1, 0.15) is 0 Å². The zero-order valence-electron chi connectivity index (χ0n) is 5.07. The maximum absolute atomic E-state index is 4.17. The Hall–Kier alpha value is -0.670.